The topological polar surface area (TPSA) is 74.8 Å². The van der Waals surface area contributed by atoms with Crippen LogP contribution in [-0.4, -0.2) is 30.9 Å². The number of hydrogen-bond acceptors (Lipinski definition) is 5. The lowest BCUT2D eigenvalue weighted by Gasteiger charge is -2.29. The van der Waals surface area contributed by atoms with Crippen LogP contribution in [0.1, 0.15) is 73.7 Å². The standard InChI is InChI=1S/C28H27F2N5O2/c29-18-6-7-20(22(30)12-18)26-27-21(28(36)34-9-2-5-25(34)33-27)13-23(32-26)16-8-10-37-24(11-16)17-14-31-35(15-17)19-3-1-4-19/h6-7,12-16,19,24H,1-5,8-11H2. The third-order valence-corrected chi connectivity index (χ3v) is 8.15. The Morgan fingerprint density at radius 3 is 2.76 bits per heavy atom. The number of aromatic nitrogens is 5. The summed E-state index contributed by atoms with van der Waals surface area (Å²) >= 11 is 0. The van der Waals surface area contributed by atoms with Gasteiger partial charge < -0.3 is 4.74 Å². The fourth-order valence-corrected chi connectivity index (χ4v) is 5.85. The maximum absolute atomic E-state index is 15.0. The summed E-state index contributed by atoms with van der Waals surface area (Å²) in [6.45, 7) is 1.17. The van der Waals surface area contributed by atoms with Crippen molar-refractivity contribution >= 4 is 10.9 Å². The predicted octanol–water partition coefficient (Wildman–Crippen LogP) is 5.24. The minimum absolute atomic E-state index is 0.00937. The average Bonchev–Trinajstić information content (AvgIpc) is 3.53. The van der Waals surface area contributed by atoms with Crippen LogP contribution in [0.15, 0.2) is 41.5 Å². The van der Waals surface area contributed by atoms with Crippen molar-refractivity contribution in [2.75, 3.05) is 6.61 Å². The van der Waals surface area contributed by atoms with Gasteiger partial charge in [0.15, 0.2) is 0 Å². The van der Waals surface area contributed by atoms with Gasteiger partial charge in [-0.05, 0) is 56.7 Å². The number of aryl methyl sites for hydroxylation is 1. The molecular formula is C28H27F2N5O2. The first-order valence-corrected chi connectivity index (χ1v) is 13.1. The van der Waals surface area contributed by atoms with Gasteiger partial charge >= 0.3 is 0 Å². The SMILES string of the molecule is O=c1c2cc(C3CCOC(c4cnn(C5CCC5)c4)C3)nc(-c3ccc(F)cc3F)c2nc2n1CCC2. The molecule has 7 nitrogen and oxygen atoms in total. The van der Waals surface area contributed by atoms with Gasteiger partial charge in [0.1, 0.15) is 23.0 Å². The summed E-state index contributed by atoms with van der Waals surface area (Å²) in [5, 5.41) is 4.99. The summed E-state index contributed by atoms with van der Waals surface area (Å²) in [5.74, 6) is -0.687. The Morgan fingerprint density at radius 2 is 1.95 bits per heavy atom. The molecule has 1 aromatic carbocycles. The molecule has 0 amide bonds. The Kier molecular flexibility index (Phi) is 5.42. The molecule has 0 spiro atoms. The summed E-state index contributed by atoms with van der Waals surface area (Å²) in [6.07, 6.45) is 10.3. The molecule has 1 saturated carbocycles. The van der Waals surface area contributed by atoms with Crippen LogP contribution in [0.5, 0.6) is 0 Å². The van der Waals surface area contributed by atoms with Crippen LogP contribution in [-0.2, 0) is 17.7 Å². The van der Waals surface area contributed by atoms with E-state index >= 15 is 0 Å². The molecule has 0 radical (unpaired) electrons. The summed E-state index contributed by atoms with van der Waals surface area (Å²) in [4.78, 5) is 23.1. The summed E-state index contributed by atoms with van der Waals surface area (Å²) in [5.41, 5.74) is 2.44. The number of benzene rings is 1. The summed E-state index contributed by atoms with van der Waals surface area (Å²) in [6, 6.07) is 5.74. The summed E-state index contributed by atoms with van der Waals surface area (Å²) in [7, 11) is 0. The molecule has 2 atom stereocenters. The van der Waals surface area contributed by atoms with Crippen molar-refractivity contribution in [2.24, 2.45) is 0 Å². The molecular weight excluding hydrogens is 476 g/mol. The second-order valence-electron chi connectivity index (χ2n) is 10.4. The molecule has 37 heavy (non-hydrogen) atoms. The molecule has 3 aliphatic rings. The largest absolute Gasteiger partial charge is 0.373 e. The number of ether oxygens (including phenoxy) is 1. The van der Waals surface area contributed by atoms with Crippen molar-refractivity contribution in [2.45, 2.75) is 69.6 Å². The van der Waals surface area contributed by atoms with Crippen molar-refractivity contribution < 1.29 is 13.5 Å². The van der Waals surface area contributed by atoms with E-state index in [0.29, 0.717) is 60.2 Å². The van der Waals surface area contributed by atoms with Gasteiger partial charge in [-0.3, -0.25) is 19.0 Å². The first-order chi connectivity index (χ1) is 18.0. The Labute approximate surface area is 212 Å². The lowest BCUT2D eigenvalue weighted by atomic mass is 9.89. The first-order valence-electron chi connectivity index (χ1n) is 13.1. The van der Waals surface area contributed by atoms with E-state index in [0.717, 1.165) is 37.3 Å². The third-order valence-electron chi connectivity index (χ3n) is 8.15. The zero-order chi connectivity index (χ0) is 25.1. The highest BCUT2D eigenvalue weighted by molar-refractivity contribution is 5.91. The smallest absolute Gasteiger partial charge is 0.261 e. The van der Waals surface area contributed by atoms with E-state index in [9.17, 15) is 13.6 Å². The highest BCUT2D eigenvalue weighted by atomic mass is 19.1. The fraction of sp³-hybridized carbons (Fsp3) is 0.429. The van der Waals surface area contributed by atoms with Gasteiger partial charge in [0.05, 0.1) is 29.4 Å². The molecule has 1 saturated heterocycles. The van der Waals surface area contributed by atoms with Crippen molar-refractivity contribution in [3.05, 3.63) is 75.7 Å². The van der Waals surface area contributed by atoms with E-state index in [2.05, 4.69) is 11.3 Å². The zero-order valence-corrected chi connectivity index (χ0v) is 20.4. The molecule has 3 aromatic heterocycles. The van der Waals surface area contributed by atoms with Crippen LogP contribution in [0.4, 0.5) is 8.78 Å². The molecule has 9 heteroatoms. The van der Waals surface area contributed by atoms with Crippen LogP contribution in [0.25, 0.3) is 22.2 Å². The van der Waals surface area contributed by atoms with Crippen LogP contribution >= 0.6 is 0 Å². The van der Waals surface area contributed by atoms with Crippen LogP contribution in [0, 0.1) is 11.6 Å². The molecule has 5 heterocycles. The van der Waals surface area contributed by atoms with Gasteiger partial charge in [-0.25, -0.2) is 13.8 Å². The molecule has 4 aromatic rings. The lowest BCUT2D eigenvalue weighted by Crippen LogP contribution is -2.23. The second-order valence-corrected chi connectivity index (χ2v) is 10.4. The molecule has 1 aliphatic carbocycles. The van der Waals surface area contributed by atoms with Gasteiger partial charge in [0.25, 0.3) is 5.56 Å². The van der Waals surface area contributed by atoms with E-state index in [4.69, 9.17) is 14.7 Å². The molecule has 0 bridgehead atoms. The fourth-order valence-electron chi connectivity index (χ4n) is 5.85. The Hall–Kier alpha value is -3.46. The van der Waals surface area contributed by atoms with Gasteiger partial charge in [-0.2, -0.15) is 5.10 Å². The monoisotopic (exact) mass is 503 g/mol. The van der Waals surface area contributed by atoms with E-state index < -0.39 is 11.6 Å². The molecule has 7 rings (SSSR count). The highest BCUT2D eigenvalue weighted by Gasteiger charge is 2.30. The normalized spacial score (nSPS) is 21.8. The van der Waals surface area contributed by atoms with Crippen molar-refractivity contribution in [1.29, 1.82) is 0 Å². The van der Waals surface area contributed by atoms with E-state index in [-0.39, 0.29) is 23.1 Å². The number of pyridine rings is 1. The zero-order valence-electron chi connectivity index (χ0n) is 20.4. The lowest BCUT2D eigenvalue weighted by molar-refractivity contribution is 0.00457. The maximum atomic E-state index is 15.0. The van der Waals surface area contributed by atoms with Crippen molar-refractivity contribution in [3.63, 3.8) is 0 Å². The van der Waals surface area contributed by atoms with E-state index in [1.54, 1.807) is 4.57 Å². The quantitative estimate of drug-likeness (QED) is 0.381. The van der Waals surface area contributed by atoms with E-state index in [1.165, 1.54) is 18.6 Å². The number of halogens is 2. The first kappa shape index (κ1) is 22.7. The molecule has 190 valence electrons. The van der Waals surface area contributed by atoms with Crippen LogP contribution < -0.4 is 5.56 Å². The Balaban J connectivity index is 1.31. The minimum Gasteiger partial charge on any atom is -0.373 e. The second kappa shape index (κ2) is 8.83. The predicted molar refractivity (Wildman–Crippen MR) is 133 cm³/mol. The average molecular weight is 504 g/mol. The van der Waals surface area contributed by atoms with Crippen LogP contribution in [0.2, 0.25) is 0 Å². The Bertz CT molecular complexity index is 1580. The number of fused-ring (bicyclic) bond motifs is 2. The molecule has 2 aliphatic heterocycles. The van der Waals surface area contributed by atoms with Crippen molar-refractivity contribution in [1.82, 2.24) is 24.3 Å². The Morgan fingerprint density at radius 1 is 1.05 bits per heavy atom. The maximum Gasteiger partial charge on any atom is 0.261 e. The van der Waals surface area contributed by atoms with Crippen molar-refractivity contribution in [3.8, 4) is 11.3 Å². The number of hydrogen-bond donors (Lipinski definition) is 0. The van der Waals surface area contributed by atoms with E-state index in [1.807, 2.05) is 16.9 Å². The van der Waals surface area contributed by atoms with Gasteiger partial charge in [-0.15, -0.1) is 0 Å². The van der Waals surface area contributed by atoms with Crippen LogP contribution in [0.3, 0.4) is 0 Å². The molecule has 0 N–H and O–H groups in total. The van der Waals surface area contributed by atoms with Gasteiger partial charge in [0.2, 0.25) is 0 Å². The molecule has 2 fully saturated rings. The van der Waals surface area contributed by atoms with Gasteiger partial charge in [-0.1, -0.05) is 0 Å². The third kappa shape index (κ3) is 3.87. The minimum atomic E-state index is -0.721. The summed E-state index contributed by atoms with van der Waals surface area (Å²) < 4.78 is 38.6. The number of rotatable bonds is 4. The number of nitrogens with zero attached hydrogens (tertiary/aromatic N) is 5. The van der Waals surface area contributed by atoms with Gasteiger partial charge in [0, 0.05) is 54.6 Å². The molecule has 2 unspecified atom stereocenters. The highest BCUT2D eigenvalue weighted by Crippen LogP contribution is 2.40.